The molecule has 142 valence electrons. The van der Waals surface area contributed by atoms with Gasteiger partial charge in [0.2, 0.25) is 0 Å². The Morgan fingerprint density at radius 2 is 1.78 bits per heavy atom. The van der Waals surface area contributed by atoms with Crippen LogP contribution < -0.4 is 10.6 Å². The van der Waals surface area contributed by atoms with Crippen LogP contribution in [0, 0.1) is 0 Å². The van der Waals surface area contributed by atoms with Crippen LogP contribution in [0.15, 0.2) is 48.5 Å². The zero-order valence-corrected chi connectivity index (χ0v) is 16.0. The lowest BCUT2D eigenvalue weighted by Crippen LogP contribution is -2.34. The first-order chi connectivity index (χ1) is 12.9. The second kappa shape index (κ2) is 9.94. The zero-order chi connectivity index (χ0) is 19.8. The average Bonchev–Trinajstić information content (AvgIpc) is 2.65. The van der Waals surface area contributed by atoms with E-state index in [0.29, 0.717) is 21.2 Å². The maximum atomic E-state index is 11.9. The second-order valence-electron chi connectivity index (χ2n) is 5.66. The third-order valence-corrected chi connectivity index (χ3v) is 4.16. The standard InChI is InChI=1S/C19H18Cl2N2O4/c1-12(15-8-7-14(20)9-16(15)21)23-17(24)11-27-18(25)10-22-19(26)13-5-3-2-4-6-13/h2-9,12H,10-11H2,1H3,(H,22,26)(H,23,24). The maximum Gasteiger partial charge on any atom is 0.325 e. The third kappa shape index (κ3) is 6.58. The molecule has 0 fully saturated rings. The first kappa shape index (κ1) is 20.7. The SMILES string of the molecule is CC(NC(=O)COC(=O)CNC(=O)c1ccccc1)c1ccc(Cl)cc1Cl. The van der Waals surface area contributed by atoms with Crippen LogP contribution in [0.1, 0.15) is 28.9 Å². The fourth-order valence-corrected chi connectivity index (χ4v) is 2.83. The molecule has 6 nitrogen and oxygen atoms in total. The van der Waals surface area contributed by atoms with E-state index in [0.717, 1.165) is 0 Å². The van der Waals surface area contributed by atoms with E-state index in [2.05, 4.69) is 10.6 Å². The van der Waals surface area contributed by atoms with Crippen LogP contribution in [0.25, 0.3) is 0 Å². The molecule has 0 heterocycles. The molecule has 0 aliphatic rings. The van der Waals surface area contributed by atoms with Crippen molar-refractivity contribution in [2.75, 3.05) is 13.2 Å². The summed E-state index contributed by atoms with van der Waals surface area (Å²) >= 11 is 11.9. The van der Waals surface area contributed by atoms with Crippen LogP contribution in [-0.4, -0.2) is 30.9 Å². The molecule has 0 bridgehead atoms. The van der Waals surface area contributed by atoms with Gasteiger partial charge in [-0.05, 0) is 36.8 Å². The number of hydrogen-bond donors (Lipinski definition) is 2. The smallest absolute Gasteiger partial charge is 0.325 e. The highest BCUT2D eigenvalue weighted by molar-refractivity contribution is 6.35. The fraction of sp³-hybridized carbons (Fsp3) is 0.211. The zero-order valence-electron chi connectivity index (χ0n) is 14.5. The molecule has 27 heavy (non-hydrogen) atoms. The van der Waals surface area contributed by atoms with E-state index in [1.54, 1.807) is 55.5 Å². The first-order valence-corrected chi connectivity index (χ1v) is 8.85. The fourth-order valence-electron chi connectivity index (χ4n) is 2.25. The molecule has 2 N–H and O–H groups in total. The van der Waals surface area contributed by atoms with Crippen molar-refractivity contribution >= 4 is 41.0 Å². The van der Waals surface area contributed by atoms with Crippen LogP contribution in [0.4, 0.5) is 0 Å². The summed E-state index contributed by atoms with van der Waals surface area (Å²) in [6.45, 7) is 0.948. The molecule has 0 saturated heterocycles. The molecule has 0 spiro atoms. The molecular weight excluding hydrogens is 391 g/mol. The van der Waals surface area contributed by atoms with Crippen molar-refractivity contribution in [2.24, 2.45) is 0 Å². The molecule has 8 heteroatoms. The van der Waals surface area contributed by atoms with Crippen LogP contribution in [0.3, 0.4) is 0 Å². The van der Waals surface area contributed by atoms with Gasteiger partial charge in [0.1, 0.15) is 6.54 Å². The van der Waals surface area contributed by atoms with Gasteiger partial charge >= 0.3 is 5.97 Å². The van der Waals surface area contributed by atoms with Crippen molar-refractivity contribution in [1.82, 2.24) is 10.6 Å². The molecule has 1 unspecified atom stereocenters. The van der Waals surface area contributed by atoms with Gasteiger partial charge in [-0.1, -0.05) is 47.5 Å². The summed E-state index contributed by atoms with van der Waals surface area (Å²) in [6.07, 6.45) is 0. The molecule has 0 aromatic heterocycles. The largest absolute Gasteiger partial charge is 0.454 e. The number of ether oxygens (including phenoxy) is 1. The van der Waals surface area contributed by atoms with Crippen LogP contribution in [-0.2, 0) is 14.3 Å². The van der Waals surface area contributed by atoms with Crippen LogP contribution in [0.2, 0.25) is 10.0 Å². The quantitative estimate of drug-likeness (QED) is 0.689. The highest BCUT2D eigenvalue weighted by atomic mass is 35.5. The Labute approximate surface area is 166 Å². The predicted molar refractivity (Wildman–Crippen MR) is 103 cm³/mol. The van der Waals surface area contributed by atoms with Crippen molar-refractivity contribution in [3.63, 3.8) is 0 Å². The van der Waals surface area contributed by atoms with Crippen molar-refractivity contribution in [3.05, 3.63) is 69.7 Å². The van der Waals surface area contributed by atoms with Crippen molar-refractivity contribution in [1.29, 1.82) is 0 Å². The summed E-state index contributed by atoms with van der Waals surface area (Å²) in [5, 5.41) is 6.02. The number of halogens is 2. The molecule has 2 rings (SSSR count). The Kier molecular flexibility index (Phi) is 7.64. The maximum absolute atomic E-state index is 11.9. The number of carbonyl (C=O) groups excluding carboxylic acids is 3. The molecule has 0 radical (unpaired) electrons. The second-order valence-corrected chi connectivity index (χ2v) is 6.51. The first-order valence-electron chi connectivity index (χ1n) is 8.10. The normalized spacial score (nSPS) is 11.4. The van der Waals surface area contributed by atoms with Gasteiger partial charge in [-0.25, -0.2) is 0 Å². The number of rotatable bonds is 7. The van der Waals surface area contributed by atoms with E-state index < -0.39 is 30.4 Å². The summed E-state index contributed by atoms with van der Waals surface area (Å²) in [7, 11) is 0. The van der Waals surface area contributed by atoms with Gasteiger partial charge in [-0.2, -0.15) is 0 Å². The van der Waals surface area contributed by atoms with E-state index in [1.807, 2.05) is 0 Å². The van der Waals surface area contributed by atoms with Gasteiger partial charge in [0.25, 0.3) is 11.8 Å². The van der Waals surface area contributed by atoms with Crippen molar-refractivity contribution < 1.29 is 19.1 Å². The third-order valence-electron chi connectivity index (χ3n) is 3.60. The topological polar surface area (TPSA) is 84.5 Å². The molecule has 0 aliphatic heterocycles. The van der Waals surface area contributed by atoms with E-state index in [4.69, 9.17) is 27.9 Å². The number of esters is 1. The summed E-state index contributed by atoms with van der Waals surface area (Å²) in [5.41, 5.74) is 1.12. The summed E-state index contributed by atoms with van der Waals surface area (Å²) in [4.78, 5) is 35.4. The Bertz CT molecular complexity index is 828. The minimum atomic E-state index is -0.716. The lowest BCUT2D eigenvalue weighted by Gasteiger charge is -2.16. The Balaban J connectivity index is 1.74. The van der Waals surface area contributed by atoms with Crippen LogP contribution in [0.5, 0.6) is 0 Å². The van der Waals surface area contributed by atoms with Gasteiger partial charge in [-0.15, -0.1) is 0 Å². The molecule has 2 aromatic carbocycles. The number of carbonyl (C=O) groups is 3. The Morgan fingerprint density at radius 3 is 2.44 bits per heavy atom. The number of nitrogens with one attached hydrogen (secondary N) is 2. The van der Waals surface area contributed by atoms with Crippen LogP contribution >= 0.6 is 23.2 Å². The Morgan fingerprint density at radius 1 is 1.07 bits per heavy atom. The highest BCUT2D eigenvalue weighted by Gasteiger charge is 2.15. The van der Waals surface area contributed by atoms with E-state index in [1.165, 1.54) is 0 Å². The molecule has 0 saturated carbocycles. The Hall–Kier alpha value is -2.57. The monoisotopic (exact) mass is 408 g/mol. The lowest BCUT2D eigenvalue weighted by molar-refractivity contribution is -0.147. The molecular formula is C19H18Cl2N2O4. The van der Waals surface area contributed by atoms with Gasteiger partial charge < -0.3 is 15.4 Å². The summed E-state index contributed by atoms with van der Waals surface area (Å²) in [6, 6.07) is 13.0. The minimum Gasteiger partial charge on any atom is -0.454 e. The van der Waals surface area contributed by atoms with Gasteiger partial charge in [-0.3, -0.25) is 14.4 Å². The van der Waals surface area contributed by atoms with E-state index in [-0.39, 0.29) is 6.54 Å². The van der Waals surface area contributed by atoms with Crippen molar-refractivity contribution in [2.45, 2.75) is 13.0 Å². The summed E-state index contributed by atoms with van der Waals surface area (Å²) in [5.74, 6) is -1.61. The number of benzene rings is 2. The van der Waals surface area contributed by atoms with E-state index in [9.17, 15) is 14.4 Å². The van der Waals surface area contributed by atoms with Gasteiger partial charge in [0.15, 0.2) is 6.61 Å². The molecule has 2 amide bonds. The van der Waals surface area contributed by atoms with Gasteiger partial charge in [0, 0.05) is 15.6 Å². The van der Waals surface area contributed by atoms with Crippen molar-refractivity contribution in [3.8, 4) is 0 Å². The average molecular weight is 409 g/mol. The molecule has 1 atom stereocenters. The molecule has 2 aromatic rings. The molecule has 0 aliphatic carbocycles. The minimum absolute atomic E-state index is 0.334. The van der Waals surface area contributed by atoms with E-state index >= 15 is 0 Å². The summed E-state index contributed by atoms with van der Waals surface area (Å²) < 4.78 is 4.86. The lowest BCUT2D eigenvalue weighted by atomic mass is 10.1. The number of hydrogen-bond acceptors (Lipinski definition) is 4. The highest BCUT2D eigenvalue weighted by Crippen LogP contribution is 2.25. The predicted octanol–water partition coefficient (Wildman–Crippen LogP) is 3.14. The number of amides is 2. The van der Waals surface area contributed by atoms with Gasteiger partial charge in [0.05, 0.1) is 6.04 Å².